The first kappa shape index (κ1) is 16.1. The zero-order chi connectivity index (χ0) is 17.9. The Morgan fingerprint density at radius 3 is 2.12 bits per heavy atom. The van der Waals surface area contributed by atoms with Crippen LogP contribution in [0.1, 0.15) is 5.56 Å². The normalized spacial score (nSPS) is 10.7. The van der Waals surface area contributed by atoms with E-state index in [1.807, 2.05) is 47.1 Å². The van der Waals surface area contributed by atoms with Gasteiger partial charge in [-0.2, -0.15) is 0 Å². The topological polar surface area (TPSA) is 39.9 Å². The van der Waals surface area contributed by atoms with Crippen LogP contribution in [0.15, 0.2) is 78.9 Å². The fourth-order valence-electron chi connectivity index (χ4n) is 2.95. The van der Waals surface area contributed by atoms with E-state index in [1.54, 1.807) is 7.11 Å². The van der Waals surface area contributed by atoms with Crippen LogP contribution in [0, 0.1) is 6.92 Å². The molecule has 0 saturated heterocycles. The lowest BCUT2D eigenvalue weighted by atomic mass is 10.0. The number of rotatable bonds is 4. The summed E-state index contributed by atoms with van der Waals surface area (Å²) in [6.07, 6.45) is 0. The van der Waals surface area contributed by atoms with Crippen LogP contribution in [-0.4, -0.2) is 22.1 Å². The molecule has 0 bridgehead atoms. The highest BCUT2D eigenvalue weighted by Crippen LogP contribution is 2.32. The minimum absolute atomic E-state index is 0.820. The Hall–Kier alpha value is -3.40. The molecule has 0 N–H and O–H groups in total. The molecule has 0 unspecified atom stereocenters. The molecule has 4 heteroatoms. The van der Waals surface area contributed by atoms with Crippen molar-refractivity contribution >= 4 is 0 Å². The number of nitrogens with zero attached hydrogens (tertiary/aromatic N) is 3. The van der Waals surface area contributed by atoms with Gasteiger partial charge < -0.3 is 4.74 Å². The fraction of sp³-hybridized carbons (Fsp3) is 0.0909. The third-order valence-corrected chi connectivity index (χ3v) is 4.36. The zero-order valence-corrected chi connectivity index (χ0v) is 14.8. The van der Waals surface area contributed by atoms with Crippen LogP contribution in [0.3, 0.4) is 0 Å². The van der Waals surface area contributed by atoms with E-state index in [1.165, 1.54) is 5.56 Å². The minimum Gasteiger partial charge on any atom is -0.497 e. The number of hydrogen-bond donors (Lipinski definition) is 0. The number of benzene rings is 3. The number of aryl methyl sites for hydroxylation is 1. The van der Waals surface area contributed by atoms with E-state index in [4.69, 9.17) is 4.74 Å². The summed E-state index contributed by atoms with van der Waals surface area (Å²) < 4.78 is 7.16. The second-order valence-corrected chi connectivity index (χ2v) is 6.13. The van der Waals surface area contributed by atoms with Crippen LogP contribution >= 0.6 is 0 Å². The van der Waals surface area contributed by atoms with Gasteiger partial charge in [0.1, 0.15) is 17.1 Å². The molecule has 0 aliphatic carbocycles. The van der Waals surface area contributed by atoms with Crippen molar-refractivity contribution < 1.29 is 4.74 Å². The highest BCUT2D eigenvalue weighted by molar-refractivity contribution is 5.79. The molecule has 0 aliphatic heterocycles. The molecule has 4 rings (SSSR count). The maximum atomic E-state index is 5.26. The van der Waals surface area contributed by atoms with Crippen molar-refractivity contribution in [1.82, 2.24) is 15.0 Å². The first-order valence-electron chi connectivity index (χ1n) is 8.49. The van der Waals surface area contributed by atoms with Gasteiger partial charge in [0.05, 0.1) is 12.8 Å². The van der Waals surface area contributed by atoms with Crippen LogP contribution in [0.4, 0.5) is 0 Å². The van der Waals surface area contributed by atoms with E-state index in [0.29, 0.717) is 0 Å². The zero-order valence-electron chi connectivity index (χ0n) is 14.8. The van der Waals surface area contributed by atoms with E-state index >= 15 is 0 Å². The van der Waals surface area contributed by atoms with Crippen LogP contribution < -0.4 is 4.74 Å². The summed E-state index contributed by atoms with van der Waals surface area (Å²) in [5, 5.41) is 8.94. The number of ether oxygens (including phenoxy) is 1. The lowest BCUT2D eigenvalue weighted by Gasteiger charge is -2.09. The van der Waals surface area contributed by atoms with Gasteiger partial charge in [-0.1, -0.05) is 53.2 Å². The van der Waals surface area contributed by atoms with Crippen LogP contribution in [0.2, 0.25) is 0 Å². The predicted molar refractivity (Wildman–Crippen MR) is 104 cm³/mol. The van der Waals surface area contributed by atoms with Gasteiger partial charge in [-0.15, -0.1) is 5.10 Å². The molecule has 0 atom stereocenters. The fourth-order valence-corrected chi connectivity index (χ4v) is 2.95. The summed E-state index contributed by atoms with van der Waals surface area (Å²) in [4.78, 5) is 0. The highest BCUT2D eigenvalue weighted by Gasteiger charge is 2.17. The predicted octanol–water partition coefficient (Wildman–Crippen LogP) is 4.92. The summed E-state index contributed by atoms with van der Waals surface area (Å²) in [5.74, 6) is 0.820. The van der Waals surface area contributed by atoms with E-state index in [2.05, 4.69) is 53.6 Å². The van der Waals surface area contributed by atoms with Crippen molar-refractivity contribution in [1.29, 1.82) is 0 Å². The number of methoxy groups -OCH3 is 1. The Morgan fingerprint density at radius 2 is 1.46 bits per heavy atom. The summed E-state index contributed by atoms with van der Waals surface area (Å²) in [6, 6.07) is 26.4. The molecule has 128 valence electrons. The Balaban J connectivity index is 1.90. The average Bonchev–Trinajstić information content (AvgIpc) is 3.14. The quantitative estimate of drug-likeness (QED) is 0.529. The molecule has 0 radical (unpaired) electrons. The van der Waals surface area contributed by atoms with Crippen LogP contribution in [-0.2, 0) is 0 Å². The van der Waals surface area contributed by atoms with Crippen molar-refractivity contribution in [2.45, 2.75) is 6.92 Å². The maximum absolute atomic E-state index is 5.26. The van der Waals surface area contributed by atoms with Gasteiger partial charge in [-0.3, -0.25) is 0 Å². The lowest BCUT2D eigenvalue weighted by molar-refractivity contribution is 0.415. The minimum atomic E-state index is 0.820. The summed E-state index contributed by atoms with van der Waals surface area (Å²) >= 11 is 0. The molecule has 1 heterocycles. The first-order chi connectivity index (χ1) is 12.8. The van der Waals surface area contributed by atoms with Gasteiger partial charge in [-0.25, -0.2) is 4.68 Å². The van der Waals surface area contributed by atoms with Gasteiger partial charge in [-0.05, 0) is 43.3 Å². The van der Waals surface area contributed by atoms with E-state index in [0.717, 1.165) is 34.0 Å². The summed E-state index contributed by atoms with van der Waals surface area (Å²) in [7, 11) is 1.66. The van der Waals surface area contributed by atoms with Crippen molar-refractivity contribution in [3.8, 4) is 34.0 Å². The molecule has 1 aromatic heterocycles. The Labute approximate surface area is 152 Å². The van der Waals surface area contributed by atoms with E-state index in [-0.39, 0.29) is 0 Å². The number of hydrogen-bond acceptors (Lipinski definition) is 3. The molecule has 0 spiro atoms. The third-order valence-electron chi connectivity index (χ3n) is 4.36. The van der Waals surface area contributed by atoms with Gasteiger partial charge in [0.25, 0.3) is 0 Å². The SMILES string of the molecule is COc1ccc(-c2nnn(-c3ccc(C)cc3)c2-c2ccccc2)cc1. The lowest BCUT2D eigenvalue weighted by Crippen LogP contribution is -1.99. The second kappa shape index (κ2) is 6.84. The molecule has 0 aliphatic rings. The van der Waals surface area contributed by atoms with Crippen molar-refractivity contribution in [3.05, 3.63) is 84.4 Å². The van der Waals surface area contributed by atoms with Gasteiger partial charge in [0.2, 0.25) is 0 Å². The van der Waals surface area contributed by atoms with Crippen molar-refractivity contribution in [2.75, 3.05) is 7.11 Å². The average molecular weight is 341 g/mol. The van der Waals surface area contributed by atoms with Gasteiger partial charge in [0, 0.05) is 11.1 Å². The third kappa shape index (κ3) is 2.97. The van der Waals surface area contributed by atoms with E-state index in [9.17, 15) is 0 Å². The Kier molecular flexibility index (Phi) is 4.23. The highest BCUT2D eigenvalue weighted by atomic mass is 16.5. The molecule has 4 nitrogen and oxygen atoms in total. The molecule has 0 amide bonds. The van der Waals surface area contributed by atoms with Crippen LogP contribution in [0.5, 0.6) is 5.75 Å². The monoisotopic (exact) mass is 341 g/mol. The molecule has 0 fully saturated rings. The molecule has 26 heavy (non-hydrogen) atoms. The van der Waals surface area contributed by atoms with Gasteiger partial charge in [0.15, 0.2) is 0 Å². The van der Waals surface area contributed by atoms with Gasteiger partial charge >= 0.3 is 0 Å². The smallest absolute Gasteiger partial charge is 0.121 e. The van der Waals surface area contributed by atoms with E-state index < -0.39 is 0 Å². The molecular weight excluding hydrogens is 322 g/mol. The van der Waals surface area contributed by atoms with Crippen molar-refractivity contribution in [3.63, 3.8) is 0 Å². The molecular formula is C22H19N3O. The molecule has 0 saturated carbocycles. The summed E-state index contributed by atoms with van der Waals surface area (Å²) in [6.45, 7) is 2.08. The number of aromatic nitrogens is 3. The standard InChI is InChI=1S/C22H19N3O/c1-16-8-12-19(13-9-16)25-22(18-6-4-3-5-7-18)21(23-24-25)17-10-14-20(26-2)15-11-17/h3-15H,1-2H3. The summed E-state index contributed by atoms with van der Waals surface area (Å²) in [5.41, 5.74) is 6.10. The first-order valence-corrected chi connectivity index (χ1v) is 8.49. The second-order valence-electron chi connectivity index (χ2n) is 6.13. The largest absolute Gasteiger partial charge is 0.497 e. The Morgan fingerprint density at radius 1 is 0.769 bits per heavy atom. The van der Waals surface area contributed by atoms with Crippen molar-refractivity contribution in [2.24, 2.45) is 0 Å². The van der Waals surface area contributed by atoms with Crippen LogP contribution in [0.25, 0.3) is 28.2 Å². The Bertz CT molecular complexity index is 1000. The molecule has 4 aromatic rings. The maximum Gasteiger partial charge on any atom is 0.121 e. The molecule has 3 aromatic carbocycles.